The van der Waals surface area contributed by atoms with Crippen LogP contribution in [0.15, 0.2) is 0 Å². The van der Waals surface area contributed by atoms with E-state index in [0.717, 1.165) is 32.2 Å². The fourth-order valence-electron chi connectivity index (χ4n) is 3.62. The molecule has 4 nitrogen and oxygen atoms in total. The summed E-state index contributed by atoms with van der Waals surface area (Å²) in [6.45, 7) is 7.55. The van der Waals surface area contributed by atoms with E-state index in [9.17, 15) is 4.79 Å². The Bertz CT molecular complexity index is 303. The number of hydrazine groups is 1. The van der Waals surface area contributed by atoms with Gasteiger partial charge in [0.15, 0.2) is 0 Å². The van der Waals surface area contributed by atoms with Crippen LogP contribution in [-0.4, -0.2) is 35.1 Å². The number of nitrogens with zero attached hydrogens (tertiary/aromatic N) is 1. The molecular weight excluding hydrogens is 238 g/mol. The highest BCUT2D eigenvalue weighted by Gasteiger charge is 2.41. The number of rotatable bonds is 4. The zero-order valence-corrected chi connectivity index (χ0v) is 12.7. The van der Waals surface area contributed by atoms with E-state index in [0.29, 0.717) is 12.1 Å². The van der Waals surface area contributed by atoms with Gasteiger partial charge in [0.25, 0.3) is 5.91 Å². The van der Waals surface area contributed by atoms with Gasteiger partial charge in [0, 0.05) is 12.1 Å². The van der Waals surface area contributed by atoms with Crippen molar-refractivity contribution in [3.63, 3.8) is 0 Å². The van der Waals surface area contributed by atoms with E-state index in [1.54, 1.807) is 0 Å². The third-order valence-electron chi connectivity index (χ3n) is 4.78. The number of carbonyl (C=O) groups is 1. The molecule has 2 saturated heterocycles. The van der Waals surface area contributed by atoms with Gasteiger partial charge in [-0.15, -0.1) is 0 Å². The van der Waals surface area contributed by atoms with Crippen molar-refractivity contribution in [1.29, 1.82) is 0 Å². The van der Waals surface area contributed by atoms with Gasteiger partial charge in [-0.2, -0.15) is 0 Å². The van der Waals surface area contributed by atoms with E-state index in [4.69, 9.17) is 0 Å². The van der Waals surface area contributed by atoms with Crippen LogP contribution < -0.4 is 10.7 Å². The summed E-state index contributed by atoms with van der Waals surface area (Å²) in [6.07, 6.45) is 7.70. The Labute approximate surface area is 117 Å². The van der Waals surface area contributed by atoms with Gasteiger partial charge < -0.3 is 5.32 Å². The predicted octanol–water partition coefficient (Wildman–Crippen LogP) is 2.20. The van der Waals surface area contributed by atoms with Crippen LogP contribution in [0.3, 0.4) is 0 Å². The first kappa shape index (κ1) is 14.8. The highest BCUT2D eigenvalue weighted by atomic mass is 16.2. The van der Waals surface area contributed by atoms with Crippen LogP contribution in [0.4, 0.5) is 0 Å². The van der Waals surface area contributed by atoms with Crippen molar-refractivity contribution in [2.75, 3.05) is 6.54 Å². The number of hydrogen-bond acceptors (Lipinski definition) is 3. The first-order valence-electron chi connectivity index (χ1n) is 7.93. The maximum absolute atomic E-state index is 12.7. The van der Waals surface area contributed by atoms with Crippen LogP contribution in [0.25, 0.3) is 0 Å². The number of hydrogen-bond donors (Lipinski definition) is 2. The minimum atomic E-state index is -0.314. The zero-order valence-electron chi connectivity index (χ0n) is 12.7. The number of piperidine rings is 1. The minimum Gasteiger partial charge on any atom is -0.303 e. The summed E-state index contributed by atoms with van der Waals surface area (Å²) >= 11 is 0. The van der Waals surface area contributed by atoms with E-state index >= 15 is 0 Å². The summed E-state index contributed by atoms with van der Waals surface area (Å²) < 4.78 is 0. The van der Waals surface area contributed by atoms with Gasteiger partial charge in [-0.3, -0.25) is 10.2 Å². The zero-order chi connectivity index (χ0) is 13.9. The molecule has 0 spiro atoms. The van der Waals surface area contributed by atoms with Gasteiger partial charge in [0.2, 0.25) is 0 Å². The normalized spacial score (nSPS) is 36.4. The molecule has 0 bridgehead atoms. The number of nitrogens with one attached hydrogen (secondary N) is 2. The van der Waals surface area contributed by atoms with Gasteiger partial charge in [0.1, 0.15) is 0 Å². The van der Waals surface area contributed by atoms with Crippen molar-refractivity contribution < 1.29 is 4.79 Å². The molecule has 110 valence electrons. The van der Waals surface area contributed by atoms with E-state index in [2.05, 4.69) is 36.5 Å². The van der Waals surface area contributed by atoms with Crippen LogP contribution in [0.1, 0.15) is 65.7 Å². The van der Waals surface area contributed by atoms with Crippen LogP contribution in [0.2, 0.25) is 0 Å². The quantitative estimate of drug-likeness (QED) is 0.821. The maximum atomic E-state index is 12.7. The summed E-state index contributed by atoms with van der Waals surface area (Å²) in [6, 6.07) is 0.903. The van der Waals surface area contributed by atoms with Gasteiger partial charge in [0.05, 0.1) is 5.54 Å². The molecule has 3 unspecified atom stereocenters. The van der Waals surface area contributed by atoms with E-state index in [-0.39, 0.29) is 11.4 Å². The van der Waals surface area contributed by atoms with Crippen LogP contribution in [0, 0.1) is 0 Å². The molecule has 19 heavy (non-hydrogen) atoms. The molecular formula is C15H29N3O. The Morgan fingerprint density at radius 2 is 2.00 bits per heavy atom. The van der Waals surface area contributed by atoms with Crippen molar-refractivity contribution in [2.45, 2.75) is 83.3 Å². The Morgan fingerprint density at radius 3 is 2.53 bits per heavy atom. The molecule has 3 atom stereocenters. The molecule has 2 aliphatic rings. The summed E-state index contributed by atoms with van der Waals surface area (Å²) in [5.74, 6) is 0.187. The Morgan fingerprint density at radius 1 is 1.32 bits per heavy atom. The Balaban J connectivity index is 2.02. The van der Waals surface area contributed by atoms with E-state index in [1.165, 1.54) is 19.3 Å². The summed E-state index contributed by atoms with van der Waals surface area (Å²) in [4.78, 5) is 12.7. The second kappa shape index (κ2) is 6.23. The maximum Gasteiger partial charge on any atom is 0.254 e. The predicted molar refractivity (Wildman–Crippen MR) is 77.6 cm³/mol. The largest absolute Gasteiger partial charge is 0.303 e. The Hall–Kier alpha value is -0.610. The fourth-order valence-corrected chi connectivity index (χ4v) is 3.62. The molecule has 0 aliphatic carbocycles. The van der Waals surface area contributed by atoms with Gasteiger partial charge in [-0.05, 0) is 52.5 Å². The van der Waals surface area contributed by atoms with Crippen LogP contribution in [-0.2, 0) is 4.79 Å². The van der Waals surface area contributed by atoms with Crippen molar-refractivity contribution >= 4 is 5.91 Å². The summed E-state index contributed by atoms with van der Waals surface area (Å²) in [7, 11) is 0. The number of amides is 1. The smallest absolute Gasteiger partial charge is 0.254 e. The third-order valence-corrected chi connectivity index (χ3v) is 4.78. The second-order valence-corrected chi connectivity index (χ2v) is 6.34. The lowest BCUT2D eigenvalue weighted by molar-refractivity contribution is -0.136. The van der Waals surface area contributed by atoms with Gasteiger partial charge in [-0.25, -0.2) is 5.01 Å². The van der Waals surface area contributed by atoms with Crippen molar-refractivity contribution in [3.05, 3.63) is 0 Å². The first-order chi connectivity index (χ1) is 9.09. The molecule has 0 aromatic rings. The molecule has 2 heterocycles. The molecule has 0 radical (unpaired) electrons. The highest BCUT2D eigenvalue weighted by Crippen LogP contribution is 2.26. The van der Waals surface area contributed by atoms with Crippen LogP contribution in [0.5, 0.6) is 0 Å². The third kappa shape index (κ3) is 3.11. The average Bonchev–Trinajstić information content (AvgIpc) is 2.84. The van der Waals surface area contributed by atoms with Crippen molar-refractivity contribution in [1.82, 2.24) is 15.8 Å². The van der Waals surface area contributed by atoms with Crippen molar-refractivity contribution in [3.8, 4) is 0 Å². The lowest BCUT2D eigenvalue weighted by Gasteiger charge is -2.41. The highest BCUT2D eigenvalue weighted by molar-refractivity contribution is 5.86. The van der Waals surface area contributed by atoms with Gasteiger partial charge in [-0.1, -0.05) is 19.8 Å². The van der Waals surface area contributed by atoms with Gasteiger partial charge >= 0.3 is 0 Å². The Kier molecular flexibility index (Phi) is 4.85. The lowest BCUT2D eigenvalue weighted by atomic mass is 9.91. The van der Waals surface area contributed by atoms with Crippen LogP contribution >= 0.6 is 0 Å². The number of carbonyl (C=O) groups excluding carboxylic acids is 1. The minimum absolute atomic E-state index is 0.187. The monoisotopic (exact) mass is 267 g/mol. The molecule has 0 saturated carbocycles. The molecule has 4 heteroatoms. The van der Waals surface area contributed by atoms with E-state index in [1.807, 2.05) is 0 Å². The first-order valence-corrected chi connectivity index (χ1v) is 7.93. The topological polar surface area (TPSA) is 44.4 Å². The molecule has 2 rings (SSSR count). The molecule has 2 fully saturated rings. The molecule has 1 amide bonds. The second-order valence-electron chi connectivity index (χ2n) is 6.34. The average molecular weight is 267 g/mol. The molecule has 2 aliphatic heterocycles. The van der Waals surface area contributed by atoms with Crippen molar-refractivity contribution in [2.24, 2.45) is 0 Å². The van der Waals surface area contributed by atoms with E-state index < -0.39 is 0 Å². The summed E-state index contributed by atoms with van der Waals surface area (Å²) in [5.41, 5.74) is 2.90. The SMILES string of the molecule is CCCC1(C(=O)NN2C(C)CCCC2C)CCCN1. The lowest BCUT2D eigenvalue weighted by Crippen LogP contribution is -2.62. The molecule has 0 aromatic carbocycles. The molecule has 2 N–H and O–H groups in total. The fraction of sp³-hybridized carbons (Fsp3) is 0.933. The molecule has 0 aromatic heterocycles. The summed E-state index contributed by atoms with van der Waals surface area (Å²) in [5, 5.41) is 5.64. The standard InChI is InChI=1S/C15H29N3O/c1-4-9-15(10-6-11-16-15)14(19)17-18-12(2)7-5-8-13(18)3/h12-13,16H,4-11H2,1-3H3,(H,17,19).